The van der Waals surface area contributed by atoms with Gasteiger partial charge in [-0.3, -0.25) is 4.39 Å². The highest BCUT2D eigenvalue weighted by molar-refractivity contribution is 5.20. The number of hydrogen-bond acceptors (Lipinski definition) is 1. The molecule has 0 aliphatic heterocycles. The maximum absolute atomic E-state index is 11.6. The second-order valence-corrected chi connectivity index (χ2v) is 2.20. The zero-order chi connectivity index (χ0) is 7.94. The molecule has 0 radical (unpaired) electrons. The molecule has 1 rings (SSSR count). The monoisotopic (exact) mass is 154 g/mol. The maximum Gasteiger partial charge on any atom is 0.119 e. The molecule has 0 saturated carbocycles. The number of ether oxygens (including phenoxy) is 1. The minimum absolute atomic E-state index is 0.313. The van der Waals surface area contributed by atoms with Gasteiger partial charge in [-0.2, -0.15) is 0 Å². The van der Waals surface area contributed by atoms with E-state index < -0.39 is 0 Å². The lowest BCUT2D eigenvalue weighted by Gasteiger charge is -2.02. The molecule has 1 nitrogen and oxygen atoms in total. The van der Waals surface area contributed by atoms with Crippen molar-refractivity contribution in [3.05, 3.63) is 30.3 Å². The smallest absolute Gasteiger partial charge is 0.119 e. The van der Waals surface area contributed by atoms with Gasteiger partial charge in [0, 0.05) is 6.42 Å². The normalized spacial score (nSPS) is 9.55. The first-order valence-corrected chi connectivity index (χ1v) is 3.67. The maximum atomic E-state index is 11.6. The van der Waals surface area contributed by atoms with E-state index in [1.165, 1.54) is 0 Å². The van der Waals surface area contributed by atoms with Gasteiger partial charge in [0.1, 0.15) is 5.75 Å². The quantitative estimate of drug-likeness (QED) is 0.605. The third-order valence-electron chi connectivity index (χ3n) is 1.29. The molecule has 0 unspecified atom stereocenters. The predicted molar refractivity (Wildman–Crippen MR) is 42.5 cm³/mol. The molecule has 2 heteroatoms. The predicted octanol–water partition coefficient (Wildman–Crippen LogP) is 2.43. The topological polar surface area (TPSA) is 9.23 Å². The summed E-state index contributed by atoms with van der Waals surface area (Å²) in [4.78, 5) is 0. The molecule has 11 heavy (non-hydrogen) atoms. The fourth-order valence-corrected chi connectivity index (χ4v) is 0.761. The minimum Gasteiger partial charge on any atom is -0.494 e. The fourth-order valence-electron chi connectivity index (χ4n) is 0.761. The summed E-state index contributed by atoms with van der Waals surface area (Å²) in [5.41, 5.74) is 0. The molecule has 1 aromatic carbocycles. The van der Waals surface area contributed by atoms with Gasteiger partial charge in [0.05, 0.1) is 13.3 Å². The van der Waals surface area contributed by atoms with Crippen molar-refractivity contribution in [3.63, 3.8) is 0 Å². The molecule has 0 spiro atoms. The molecule has 0 N–H and O–H groups in total. The summed E-state index contributed by atoms with van der Waals surface area (Å²) in [6, 6.07) is 9.42. The van der Waals surface area contributed by atoms with Crippen molar-refractivity contribution in [2.75, 3.05) is 13.3 Å². The Balaban J connectivity index is 2.28. The molecular formula is C9H11FO. The highest BCUT2D eigenvalue weighted by atomic mass is 19.1. The summed E-state index contributed by atoms with van der Waals surface area (Å²) >= 11 is 0. The summed E-state index contributed by atoms with van der Waals surface area (Å²) in [7, 11) is 0. The SMILES string of the molecule is FCCCOc1ccccc1. The Labute approximate surface area is 65.8 Å². The first-order chi connectivity index (χ1) is 5.43. The van der Waals surface area contributed by atoms with Crippen LogP contribution in [0.15, 0.2) is 30.3 Å². The van der Waals surface area contributed by atoms with Crippen LogP contribution in [0.4, 0.5) is 4.39 Å². The lowest BCUT2D eigenvalue weighted by atomic mass is 10.3. The lowest BCUT2D eigenvalue weighted by molar-refractivity contribution is 0.289. The van der Waals surface area contributed by atoms with Crippen LogP contribution in [-0.2, 0) is 0 Å². The molecule has 0 saturated heterocycles. The van der Waals surface area contributed by atoms with Crippen molar-refractivity contribution in [1.82, 2.24) is 0 Å². The van der Waals surface area contributed by atoms with Gasteiger partial charge in [0.15, 0.2) is 0 Å². The van der Waals surface area contributed by atoms with Crippen LogP contribution in [0.3, 0.4) is 0 Å². The van der Waals surface area contributed by atoms with E-state index in [2.05, 4.69) is 0 Å². The third-order valence-corrected chi connectivity index (χ3v) is 1.29. The molecule has 0 amide bonds. The molecule has 0 aromatic heterocycles. The van der Waals surface area contributed by atoms with Gasteiger partial charge in [-0.1, -0.05) is 18.2 Å². The standard InChI is InChI=1S/C9H11FO/c10-7-4-8-11-9-5-2-1-3-6-9/h1-3,5-6H,4,7-8H2. The van der Waals surface area contributed by atoms with Crippen LogP contribution in [0.25, 0.3) is 0 Å². The Morgan fingerprint density at radius 3 is 2.55 bits per heavy atom. The van der Waals surface area contributed by atoms with Crippen LogP contribution in [0, 0.1) is 0 Å². The first-order valence-electron chi connectivity index (χ1n) is 3.67. The highest BCUT2D eigenvalue weighted by Crippen LogP contribution is 2.07. The van der Waals surface area contributed by atoms with Crippen molar-refractivity contribution in [2.45, 2.75) is 6.42 Å². The Kier molecular flexibility index (Phi) is 3.45. The van der Waals surface area contributed by atoms with Crippen molar-refractivity contribution >= 4 is 0 Å². The summed E-state index contributed by atoms with van der Waals surface area (Å²) in [6.45, 7) is 0.146. The molecule has 0 aliphatic carbocycles. The molecule has 1 aromatic rings. The second-order valence-electron chi connectivity index (χ2n) is 2.20. The van der Waals surface area contributed by atoms with Crippen LogP contribution in [0.2, 0.25) is 0 Å². The summed E-state index contributed by atoms with van der Waals surface area (Å²) in [5.74, 6) is 0.806. The van der Waals surface area contributed by atoms with Gasteiger partial charge in [-0.05, 0) is 12.1 Å². The highest BCUT2D eigenvalue weighted by Gasteiger charge is 1.89. The number of para-hydroxylation sites is 1. The van der Waals surface area contributed by atoms with Gasteiger partial charge < -0.3 is 4.74 Å². The molecule has 0 bridgehead atoms. The molecule has 0 atom stereocenters. The zero-order valence-corrected chi connectivity index (χ0v) is 6.29. The summed E-state index contributed by atoms with van der Waals surface area (Å²) < 4.78 is 16.8. The second kappa shape index (κ2) is 4.72. The largest absolute Gasteiger partial charge is 0.494 e. The number of alkyl halides is 1. The number of hydrogen-bond donors (Lipinski definition) is 0. The van der Waals surface area contributed by atoms with Crippen LogP contribution in [0.1, 0.15) is 6.42 Å². The van der Waals surface area contributed by atoms with Crippen LogP contribution >= 0.6 is 0 Å². The van der Waals surface area contributed by atoms with E-state index in [1.807, 2.05) is 30.3 Å². The average Bonchev–Trinajstić information content (AvgIpc) is 2.07. The first kappa shape index (κ1) is 8.05. The van der Waals surface area contributed by atoms with Crippen LogP contribution in [-0.4, -0.2) is 13.3 Å². The molecule has 60 valence electrons. The number of rotatable bonds is 4. The van der Waals surface area contributed by atoms with E-state index in [1.54, 1.807) is 0 Å². The van der Waals surface area contributed by atoms with Gasteiger partial charge in [-0.15, -0.1) is 0 Å². The minimum atomic E-state index is -0.313. The number of benzene rings is 1. The van der Waals surface area contributed by atoms with E-state index in [9.17, 15) is 4.39 Å². The zero-order valence-electron chi connectivity index (χ0n) is 6.29. The molecule has 0 fully saturated rings. The van der Waals surface area contributed by atoms with Crippen LogP contribution < -0.4 is 4.74 Å². The van der Waals surface area contributed by atoms with Gasteiger partial charge in [0.2, 0.25) is 0 Å². The Bertz CT molecular complexity index is 186. The van der Waals surface area contributed by atoms with E-state index in [-0.39, 0.29) is 6.67 Å². The van der Waals surface area contributed by atoms with Crippen molar-refractivity contribution in [1.29, 1.82) is 0 Å². The van der Waals surface area contributed by atoms with Gasteiger partial charge in [-0.25, -0.2) is 0 Å². The van der Waals surface area contributed by atoms with Crippen molar-refractivity contribution < 1.29 is 9.13 Å². The van der Waals surface area contributed by atoms with Gasteiger partial charge >= 0.3 is 0 Å². The Morgan fingerprint density at radius 1 is 1.18 bits per heavy atom. The van der Waals surface area contributed by atoms with E-state index in [4.69, 9.17) is 4.74 Å². The average molecular weight is 154 g/mol. The van der Waals surface area contributed by atoms with Crippen molar-refractivity contribution in [3.8, 4) is 5.75 Å². The van der Waals surface area contributed by atoms with Crippen LogP contribution in [0.5, 0.6) is 5.75 Å². The van der Waals surface area contributed by atoms with Crippen molar-refractivity contribution in [2.24, 2.45) is 0 Å². The van der Waals surface area contributed by atoms with Gasteiger partial charge in [0.25, 0.3) is 0 Å². The summed E-state index contributed by atoms with van der Waals surface area (Å²) in [6.07, 6.45) is 0.467. The van der Waals surface area contributed by atoms with E-state index >= 15 is 0 Å². The summed E-state index contributed by atoms with van der Waals surface area (Å²) in [5, 5.41) is 0. The molecular weight excluding hydrogens is 143 g/mol. The fraction of sp³-hybridized carbons (Fsp3) is 0.333. The van der Waals surface area contributed by atoms with E-state index in [0.29, 0.717) is 13.0 Å². The lowest BCUT2D eigenvalue weighted by Crippen LogP contribution is -1.97. The Hall–Kier alpha value is -1.05. The molecule has 0 aliphatic rings. The third kappa shape index (κ3) is 3.03. The van der Waals surface area contributed by atoms with E-state index in [0.717, 1.165) is 5.75 Å². The number of halogens is 1. The Morgan fingerprint density at radius 2 is 1.91 bits per heavy atom. The molecule has 0 heterocycles.